The van der Waals surface area contributed by atoms with Crippen LogP contribution in [0.1, 0.15) is 31.9 Å². The van der Waals surface area contributed by atoms with E-state index in [1.807, 2.05) is 36.1 Å². The van der Waals surface area contributed by atoms with E-state index in [9.17, 15) is 9.18 Å². The van der Waals surface area contributed by atoms with Gasteiger partial charge in [-0.1, -0.05) is 30.7 Å². The predicted molar refractivity (Wildman–Crippen MR) is 122 cm³/mol. The van der Waals surface area contributed by atoms with Crippen molar-refractivity contribution in [1.82, 2.24) is 15.1 Å². The summed E-state index contributed by atoms with van der Waals surface area (Å²) in [5.74, 6) is 0.425. The van der Waals surface area contributed by atoms with Crippen molar-refractivity contribution >= 4 is 17.5 Å². The van der Waals surface area contributed by atoms with E-state index in [0.29, 0.717) is 23.9 Å². The quantitative estimate of drug-likeness (QED) is 0.662. The van der Waals surface area contributed by atoms with E-state index in [1.165, 1.54) is 12.1 Å². The van der Waals surface area contributed by atoms with Gasteiger partial charge in [0.25, 0.3) is 5.91 Å². The molecule has 1 N–H and O–H groups in total. The maximum Gasteiger partial charge on any atom is 0.260 e. The Labute approximate surface area is 189 Å². The molecule has 1 saturated heterocycles. The van der Waals surface area contributed by atoms with Gasteiger partial charge in [0.15, 0.2) is 6.61 Å². The molecule has 1 aliphatic rings. The van der Waals surface area contributed by atoms with Crippen LogP contribution in [0.5, 0.6) is 5.75 Å². The Morgan fingerprint density at radius 3 is 2.61 bits per heavy atom. The molecule has 0 radical (unpaired) electrons. The number of nitrogens with one attached hydrogen (secondary N) is 1. The summed E-state index contributed by atoms with van der Waals surface area (Å²) >= 11 is 6.11. The van der Waals surface area contributed by atoms with Gasteiger partial charge in [0.05, 0.1) is 0 Å². The normalized spacial score (nSPS) is 19.5. The topological polar surface area (TPSA) is 44.8 Å². The summed E-state index contributed by atoms with van der Waals surface area (Å²) < 4.78 is 19.0. The zero-order valence-electron chi connectivity index (χ0n) is 18.4. The molecule has 0 bridgehead atoms. The summed E-state index contributed by atoms with van der Waals surface area (Å²) in [5, 5.41) is 3.91. The standard InChI is InChI=1S/C24H31ClFN3O2/c1-4-27-12-20-11-21(25)7-10-23(20)31-16-24(30)29-14-17(2)28(13-18(29)3)15-19-5-8-22(26)9-6-19/h5-11,17-18,27H,4,12-16H2,1-3H3/t17-,18+/m0/s1. The Morgan fingerprint density at radius 2 is 1.90 bits per heavy atom. The number of piperazine rings is 1. The third kappa shape index (κ3) is 6.42. The molecule has 1 heterocycles. The molecular weight excluding hydrogens is 417 g/mol. The Kier molecular flexibility index (Phi) is 8.29. The van der Waals surface area contributed by atoms with Gasteiger partial charge in [0.2, 0.25) is 0 Å². The van der Waals surface area contributed by atoms with E-state index in [2.05, 4.69) is 24.1 Å². The van der Waals surface area contributed by atoms with Crippen LogP contribution in [-0.2, 0) is 17.9 Å². The lowest BCUT2D eigenvalue weighted by Gasteiger charge is -2.44. The van der Waals surface area contributed by atoms with E-state index in [4.69, 9.17) is 16.3 Å². The Balaban J connectivity index is 1.57. The highest BCUT2D eigenvalue weighted by Gasteiger charge is 2.32. The van der Waals surface area contributed by atoms with Crippen LogP contribution in [0.15, 0.2) is 42.5 Å². The van der Waals surface area contributed by atoms with Gasteiger partial charge >= 0.3 is 0 Å². The maximum atomic E-state index is 13.2. The number of halogens is 2. The second kappa shape index (κ2) is 10.9. The van der Waals surface area contributed by atoms with Gasteiger partial charge in [-0.3, -0.25) is 9.69 Å². The van der Waals surface area contributed by atoms with Crippen LogP contribution in [-0.4, -0.2) is 54.0 Å². The van der Waals surface area contributed by atoms with E-state index < -0.39 is 0 Å². The third-order valence-electron chi connectivity index (χ3n) is 5.67. The molecule has 1 amide bonds. The molecule has 2 aromatic carbocycles. The lowest BCUT2D eigenvalue weighted by atomic mass is 10.1. The fraction of sp³-hybridized carbons (Fsp3) is 0.458. The van der Waals surface area contributed by atoms with Gasteiger partial charge < -0.3 is 15.0 Å². The molecule has 0 saturated carbocycles. The number of carbonyl (C=O) groups is 1. The zero-order chi connectivity index (χ0) is 22.4. The first-order valence-corrected chi connectivity index (χ1v) is 11.1. The highest BCUT2D eigenvalue weighted by Crippen LogP contribution is 2.24. The minimum absolute atomic E-state index is 0.00419. The van der Waals surface area contributed by atoms with Crippen molar-refractivity contribution in [2.45, 2.75) is 45.9 Å². The van der Waals surface area contributed by atoms with Crippen LogP contribution in [0.3, 0.4) is 0 Å². The summed E-state index contributed by atoms with van der Waals surface area (Å²) in [6, 6.07) is 12.3. The second-order valence-corrected chi connectivity index (χ2v) is 8.56. The first kappa shape index (κ1) is 23.5. The van der Waals surface area contributed by atoms with Gasteiger partial charge in [-0.25, -0.2) is 4.39 Å². The van der Waals surface area contributed by atoms with Crippen LogP contribution in [0.2, 0.25) is 5.02 Å². The molecule has 0 spiro atoms. The number of ether oxygens (including phenoxy) is 1. The molecule has 0 aromatic heterocycles. The average molecular weight is 448 g/mol. The smallest absolute Gasteiger partial charge is 0.260 e. The van der Waals surface area contributed by atoms with Gasteiger partial charge in [-0.2, -0.15) is 0 Å². The van der Waals surface area contributed by atoms with Gasteiger partial charge in [0, 0.05) is 48.8 Å². The molecule has 31 heavy (non-hydrogen) atoms. The van der Waals surface area contributed by atoms with E-state index in [1.54, 1.807) is 6.07 Å². The molecule has 5 nitrogen and oxygen atoms in total. The fourth-order valence-electron chi connectivity index (χ4n) is 3.90. The molecule has 0 aliphatic carbocycles. The van der Waals surface area contributed by atoms with Gasteiger partial charge in [0.1, 0.15) is 11.6 Å². The summed E-state index contributed by atoms with van der Waals surface area (Å²) in [6.45, 7) is 9.81. The monoisotopic (exact) mass is 447 g/mol. The largest absolute Gasteiger partial charge is 0.483 e. The van der Waals surface area contributed by atoms with Crippen molar-refractivity contribution in [2.75, 3.05) is 26.2 Å². The Hall–Kier alpha value is -2.15. The number of hydrogen-bond acceptors (Lipinski definition) is 4. The van der Waals surface area contributed by atoms with Crippen LogP contribution >= 0.6 is 11.6 Å². The number of carbonyl (C=O) groups excluding carboxylic acids is 1. The molecule has 2 aromatic rings. The van der Waals surface area contributed by atoms with Gasteiger partial charge in [-0.05, 0) is 56.3 Å². The van der Waals surface area contributed by atoms with Crippen molar-refractivity contribution in [3.63, 3.8) is 0 Å². The minimum Gasteiger partial charge on any atom is -0.483 e. The van der Waals surface area contributed by atoms with Crippen molar-refractivity contribution in [3.05, 3.63) is 64.4 Å². The molecule has 3 rings (SSSR count). The number of hydrogen-bond donors (Lipinski definition) is 1. The molecule has 1 fully saturated rings. The maximum absolute atomic E-state index is 13.2. The van der Waals surface area contributed by atoms with Crippen LogP contribution in [0, 0.1) is 5.82 Å². The summed E-state index contributed by atoms with van der Waals surface area (Å²) in [4.78, 5) is 17.1. The number of benzene rings is 2. The lowest BCUT2D eigenvalue weighted by Crippen LogP contribution is -2.58. The highest BCUT2D eigenvalue weighted by atomic mass is 35.5. The molecule has 2 atom stereocenters. The zero-order valence-corrected chi connectivity index (χ0v) is 19.2. The molecule has 7 heteroatoms. The fourth-order valence-corrected chi connectivity index (χ4v) is 4.09. The summed E-state index contributed by atoms with van der Waals surface area (Å²) in [5.41, 5.74) is 2.01. The van der Waals surface area contributed by atoms with Gasteiger partial charge in [-0.15, -0.1) is 0 Å². The van der Waals surface area contributed by atoms with E-state index >= 15 is 0 Å². The number of rotatable bonds is 8. The first-order chi connectivity index (χ1) is 14.9. The lowest BCUT2D eigenvalue weighted by molar-refractivity contribution is -0.139. The Bertz CT molecular complexity index is 878. The van der Waals surface area contributed by atoms with E-state index in [-0.39, 0.29) is 30.4 Å². The first-order valence-electron chi connectivity index (χ1n) is 10.8. The van der Waals surface area contributed by atoms with Crippen molar-refractivity contribution in [1.29, 1.82) is 0 Å². The van der Waals surface area contributed by atoms with Crippen molar-refractivity contribution in [3.8, 4) is 5.75 Å². The number of nitrogens with zero attached hydrogens (tertiary/aromatic N) is 2. The molecule has 0 unspecified atom stereocenters. The minimum atomic E-state index is -0.227. The highest BCUT2D eigenvalue weighted by molar-refractivity contribution is 6.30. The second-order valence-electron chi connectivity index (χ2n) is 8.12. The Morgan fingerprint density at radius 1 is 1.16 bits per heavy atom. The number of amides is 1. The van der Waals surface area contributed by atoms with Crippen molar-refractivity contribution in [2.24, 2.45) is 0 Å². The molecule has 1 aliphatic heterocycles. The van der Waals surface area contributed by atoms with Crippen LogP contribution < -0.4 is 10.1 Å². The van der Waals surface area contributed by atoms with E-state index in [0.717, 1.165) is 30.8 Å². The molecular formula is C24H31ClFN3O2. The third-order valence-corrected chi connectivity index (χ3v) is 5.91. The van der Waals surface area contributed by atoms with Crippen molar-refractivity contribution < 1.29 is 13.9 Å². The van der Waals surface area contributed by atoms with Crippen LogP contribution in [0.4, 0.5) is 4.39 Å². The summed E-state index contributed by atoms with van der Waals surface area (Å²) in [6.07, 6.45) is 0. The van der Waals surface area contributed by atoms with Crippen LogP contribution in [0.25, 0.3) is 0 Å². The predicted octanol–water partition coefficient (Wildman–Crippen LogP) is 4.09. The SMILES string of the molecule is CCNCc1cc(Cl)ccc1OCC(=O)N1C[C@H](C)N(Cc2ccc(F)cc2)C[C@H]1C. The average Bonchev–Trinajstić information content (AvgIpc) is 2.75. The summed E-state index contributed by atoms with van der Waals surface area (Å²) in [7, 11) is 0. The molecule has 168 valence electrons.